The summed E-state index contributed by atoms with van der Waals surface area (Å²) in [5, 5.41) is 0. The maximum Gasteiger partial charge on any atom is 0.230 e. The molecule has 18 heavy (non-hydrogen) atoms. The van der Waals surface area contributed by atoms with Crippen LogP contribution in [0, 0.1) is 11.3 Å². The molecule has 0 spiro atoms. The van der Waals surface area contributed by atoms with Gasteiger partial charge in [-0.3, -0.25) is 4.79 Å². The summed E-state index contributed by atoms with van der Waals surface area (Å²) in [5.74, 6) is 0.889. The van der Waals surface area contributed by atoms with Crippen LogP contribution in [0.4, 0.5) is 0 Å². The zero-order valence-corrected chi connectivity index (χ0v) is 12.4. The zero-order valence-electron chi connectivity index (χ0n) is 12.4. The molecule has 0 aromatic rings. The minimum absolute atomic E-state index is 0.248. The fourth-order valence-electron chi connectivity index (χ4n) is 2.93. The lowest BCUT2D eigenvalue weighted by Crippen LogP contribution is -2.50. The van der Waals surface area contributed by atoms with Crippen LogP contribution in [0.15, 0.2) is 0 Å². The molecular weight excluding hydrogens is 224 g/mol. The van der Waals surface area contributed by atoms with Crippen molar-refractivity contribution in [2.75, 3.05) is 19.6 Å². The van der Waals surface area contributed by atoms with Crippen LogP contribution in [0.5, 0.6) is 0 Å². The predicted octanol–water partition coefficient (Wildman–Crippen LogP) is 2.79. The lowest BCUT2D eigenvalue weighted by molar-refractivity contribution is -0.144. The molecule has 0 bridgehead atoms. The second-order valence-corrected chi connectivity index (χ2v) is 5.90. The average molecular weight is 254 g/mol. The number of nitrogens with two attached hydrogens (primary N) is 1. The summed E-state index contributed by atoms with van der Waals surface area (Å²) >= 11 is 0. The Hall–Kier alpha value is -0.570. The zero-order chi connectivity index (χ0) is 13.6. The Balaban J connectivity index is 2.73. The molecule has 2 N–H and O–H groups in total. The Morgan fingerprint density at radius 1 is 1.28 bits per heavy atom. The van der Waals surface area contributed by atoms with Crippen LogP contribution in [0.2, 0.25) is 0 Å². The van der Waals surface area contributed by atoms with E-state index in [1.165, 1.54) is 6.42 Å². The highest BCUT2D eigenvalue weighted by Crippen LogP contribution is 2.37. The van der Waals surface area contributed by atoms with Crippen molar-refractivity contribution in [1.82, 2.24) is 4.90 Å². The van der Waals surface area contributed by atoms with Gasteiger partial charge in [-0.15, -0.1) is 0 Å². The van der Waals surface area contributed by atoms with Gasteiger partial charge in [-0.2, -0.15) is 0 Å². The highest BCUT2D eigenvalue weighted by Gasteiger charge is 2.40. The summed E-state index contributed by atoms with van der Waals surface area (Å²) in [6.45, 7) is 8.68. The van der Waals surface area contributed by atoms with Crippen LogP contribution in [0.3, 0.4) is 0 Å². The first-order valence-corrected chi connectivity index (χ1v) is 7.59. The molecule has 1 saturated carbocycles. The van der Waals surface area contributed by atoms with Crippen molar-refractivity contribution in [1.29, 1.82) is 0 Å². The number of nitrogens with zero attached hydrogens (tertiary/aromatic N) is 1. The summed E-state index contributed by atoms with van der Waals surface area (Å²) in [6, 6.07) is 0. The molecule has 0 aromatic carbocycles. The van der Waals surface area contributed by atoms with E-state index in [2.05, 4.69) is 20.8 Å². The van der Waals surface area contributed by atoms with E-state index in [-0.39, 0.29) is 5.41 Å². The van der Waals surface area contributed by atoms with E-state index in [1.807, 2.05) is 4.90 Å². The topological polar surface area (TPSA) is 46.3 Å². The molecular formula is C15H30N2O. The first-order valence-electron chi connectivity index (χ1n) is 7.59. The summed E-state index contributed by atoms with van der Waals surface area (Å²) in [7, 11) is 0. The minimum Gasteiger partial charge on any atom is -0.342 e. The van der Waals surface area contributed by atoms with Crippen molar-refractivity contribution in [2.24, 2.45) is 17.1 Å². The number of hydrogen-bond donors (Lipinski definition) is 1. The quantitative estimate of drug-likeness (QED) is 0.792. The van der Waals surface area contributed by atoms with Crippen LogP contribution in [-0.2, 0) is 4.79 Å². The molecule has 1 fully saturated rings. The van der Waals surface area contributed by atoms with Gasteiger partial charge in [0.15, 0.2) is 0 Å². The summed E-state index contributed by atoms with van der Waals surface area (Å²) in [5.41, 5.74) is 5.70. The van der Waals surface area contributed by atoms with E-state index in [0.717, 1.165) is 45.2 Å². The van der Waals surface area contributed by atoms with Crippen molar-refractivity contribution in [3.8, 4) is 0 Å². The van der Waals surface area contributed by atoms with Crippen molar-refractivity contribution >= 4 is 5.91 Å². The van der Waals surface area contributed by atoms with Gasteiger partial charge in [-0.25, -0.2) is 0 Å². The standard InChI is InChI=1S/C15H30N2O/c1-4-13(3)11-17(5-2)14(18)15(12-16)9-7-6-8-10-15/h13H,4-12,16H2,1-3H3. The van der Waals surface area contributed by atoms with Crippen LogP contribution >= 0.6 is 0 Å². The van der Waals surface area contributed by atoms with Crippen molar-refractivity contribution in [3.05, 3.63) is 0 Å². The molecule has 0 saturated heterocycles. The fourth-order valence-corrected chi connectivity index (χ4v) is 2.93. The summed E-state index contributed by atoms with van der Waals surface area (Å²) < 4.78 is 0. The van der Waals surface area contributed by atoms with E-state index >= 15 is 0 Å². The van der Waals surface area contributed by atoms with E-state index in [1.54, 1.807) is 0 Å². The molecule has 0 aliphatic heterocycles. The summed E-state index contributed by atoms with van der Waals surface area (Å²) in [6.07, 6.45) is 6.66. The third-order valence-electron chi connectivity index (χ3n) is 4.55. The second-order valence-electron chi connectivity index (χ2n) is 5.90. The van der Waals surface area contributed by atoms with Gasteiger partial charge in [-0.05, 0) is 25.7 Å². The van der Waals surface area contributed by atoms with Gasteiger partial charge in [0, 0.05) is 19.6 Å². The maximum absolute atomic E-state index is 12.8. The van der Waals surface area contributed by atoms with Crippen molar-refractivity contribution in [2.45, 2.75) is 59.3 Å². The van der Waals surface area contributed by atoms with E-state index in [0.29, 0.717) is 18.4 Å². The van der Waals surface area contributed by atoms with Gasteiger partial charge in [0.2, 0.25) is 5.91 Å². The number of hydrogen-bond acceptors (Lipinski definition) is 2. The molecule has 1 rings (SSSR count). The predicted molar refractivity (Wildman–Crippen MR) is 76.3 cm³/mol. The average Bonchev–Trinajstić information content (AvgIpc) is 2.44. The monoisotopic (exact) mass is 254 g/mol. The third kappa shape index (κ3) is 3.47. The number of carbonyl (C=O) groups excluding carboxylic acids is 1. The van der Waals surface area contributed by atoms with Gasteiger partial charge in [0.25, 0.3) is 0 Å². The number of amides is 1. The van der Waals surface area contributed by atoms with Crippen molar-refractivity contribution in [3.63, 3.8) is 0 Å². The van der Waals surface area contributed by atoms with E-state index in [4.69, 9.17) is 5.73 Å². The fraction of sp³-hybridized carbons (Fsp3) is 0.933. The molecule has 1 aliphatic carbocycles. The van der Waals surface area contributed by atoms with Crippen LogP contribution in [-0.4, -0.2) is 30.4 Å². The Bertz CT molecular complexity index is 259. The van der Waals surface area contributed by atoms with Gasteiger partial charge in [0.1, 0.15) is 0 Å². The van der Waals surface area contributed by atoms with Gasteiger partial charge in [-0.1, -0.05) is 39.5 Å². The van der Waals surface area contributed by atoms with Crippen LogP contribution in [0.1, 0.15) is 59.3 Å². The molecule has 3 heteroatoms. The second kappa shape index (κ2) is 7.13. The van der Waals surface area contributed by atoms with Gasteiger partial charge in [0.05, 0.1) is 5.41 Å². The van der Waals surface area contributed by atoms with Crippen LogP contribution < -0.4 is 5.73 Å². The molecule has 3 nitrogen and oxygen atoms in total. The smallest absolute Gasteiger partial charge is 0.230 e. The largest absolute Gasteiger partial charge is 0.342 e. The van der Waals surface area contributed by atoms with E-state index in [9.17, 15) is 4.79 Å². The normalized spacial score (nSPS) is 20.4. The van der Waals surface area contributed by atoms with Crippen molar-refractivity contribution < 1.29 is 4.79 Å². The Morgan fingerprint density at radius 3 is 2.33 bits per heavy atom. The minimum atomic E-state index is -0.248. The lowest BCUT2D eigenvalue weighted by atomic mass is 9.73. The molecule has 1 aliphatic rings. The summed E-state index contributed by atoms with van der Waals surface area (Å²) in [4.78, 5) is 14.8. The van der Waals surface area contributed by atoms with Gasteiger partial charge >= 0.3 is 0 Å². The Morgan fingerprint density at radius 2 is 1.89 bits per heavy atom. The molecule has 0 aromatic heterocycles. The highest BCUT2D eigenvalue weighted by molar-refractivity contribution is 5.83. The first-order chi connectivity index (χ1) is 8.59. The number of carbonyl (C=O) groups is 1. The maximum atomic E-state index is 12.8. The molecule has 0 heterocycles. The Labute approximate surface area is 112 Å². The highest BCUT2D eigenvalue weighted by atomic mass is 16.2. The third-order valence-corrected chi connectivity index (χ3v) is 4.55. The number of rotatable bonds is 6. The molecule has 0 radical (unpaired) electrons. The Kier molecular flexibility index (Phi) is 6.13. The molecule has 106 valence electrons. The lowest BCUT2D eigenvalue weighted by Gasteiger charge is -2.39. The van der Waals surface area contributed by atoms with E-state index < -0.39 is 0 Å². The SMILES string of the molecule is CCC(C)CN(CC)C(=O)C1(CN)CCCCC1. The molecule has 1 unspecified atom stereocenters. The first kappa shape index (κ1) is 15.5. The van der Waals surface area contributed by atoms with Crippen LogP contribution in [0.25, 0.3) is 0 Å². The molecule has 1 amide bonds. The van der Waals surface area contributed by atoms with Gasteiger partial charge < -0.3 is 10.6 Å². The molecule has 1 atom stereocenters.